The minimum atomic E-state index is 0. The molecule has 6 nitrogen and oxygen atoms in total. The van der Waals surface area contributed by atoms with Gasteiger partial charge in [0.15, 0.2) is 11.1 Å². The van der Waals surface area contributed by atoms with Gasteiger partial charge in [0.2, 0.25) is 0 Å². The van der Waals surface area contributed by atoms with E-state index in [9.17, 15) is 0 Å². The maximum atomic E-state index is 6.24. The topological polar surface area (TPSA) is 61.0 Å². The van der Waals surface area contributed by atoms with E-state index in [-0.39, 0.29) is 24.0 Å². The highest BCUT2D eigenvalue weighted by Gasteiger charge is 2.22. The normalized spacial score (nSPS) is 21.9. The van der Waals surface area contributed by atoms with Gasteiger partial charge in [0.1, 0.15) is 0 Å². The molecule has 0 spiro atoms. The number of rotatable bonds is 4. The molecule has 1 atom stereocenters. The van der Waals surface area contributed by atoms with Gasteiger partial charge in [-0.25, -0.2) is 4.98 Å². The van der Waals surface area contributed by atoms with E-state index in [1.807, 2.05) is 11.6 Å². The van der Waals surface area contributed by atoms with Gasteiger partial charge in [-0.2, -0.15) is 0 Å². The lowest BCUT2D eigenvalue weighted by atomic mass is 9.98. The van der Waals surface area contributed by atoms with Crippen LogP contribution in [0.4, 0.5) is 5.13 Å². The van der Waals surface area contributed by atoms with Gasteiger partial charge < -0.3 is 15.5 Å². The third kappa shape index (κ3) is 5.68. The van der Waals surface area contributed by atoms with E-state index in [2.05, 4.69) is 38.5 Å². The van der Waals surface area contributed by atoms with Crippen LogP contribution < -0.4 is 10.6 Å². The number of piperazine rings is 1. The molecule has 3 heterocycles. The number of nitrogens with zero attached hydrogens (tertiary/aromatic N) is 5. The summed E-state index contributed by atoms with van der Waals surface area (Å²) in [4.78, 5) is 16.1. The second kappa shape index (κ2) is 9.91. The zero-order valence-corrected chi connectivity index (χ0v) is 18.5. The standard InChI is InChI=1S/C17H30N6S.HI/c1-14-3-6-21(7-4-14)15(2)13-20-16(18)22-8-10-23(11-9-22)17-19-5-12-24-17;/h5,12,14-15H,3-4,6-11,13H2,1-2H3,(H2,18,20);1H. The molecule has 0 saturated carbocycles. The van der Waals surface area contributed by atoms with Gasteiger partial charge in [-0.1, -0.05) is 6.92 Å². The number of piperidine rings is 1. The minimum Gasteiger partial charge on any atom is -0.370 e. The van der Waals surface area contributed by atoms with E-state index in [0.29, 0.717) is 12.0 Å². The number of halogens is 1. The maximum absolute atomic E-state index is 6.24. The van der Waals surface area contributed by atoms with Gasteiger partial charge in [0, 0.05) is 43.8 Å². The summed E-state index contributed by atoms with van der Waals surface area (Å²) >= 11 is 1.70. The molecule has 0 aromatic carbocycles. The van der Waals surface area contributed by atoms with Crippen molar-refractivity contribution in [3.8, 4) is 0 Å². The molecule has 25 heavy (non-hydrogen) atoms. The average molecular weight is 478 g/mol. The lowest BCUT2D eigenvalue weighted by Gasteiger charge is -2.36. The molecule has 1 aromatic heterocycles. The zero-order chi connectivity index (χ0) is 16.9. The highest BCUT2D eigenvalue weighted by atomic mass is 127. The molecular formula is C17H31IN6S. The highest BCUT2D eigenvalue weighted by Crippen LogP contribution is 2.19. The van der Waals surface area contributed by atoms with Gasteiger partial charge in [0.05, 0.1) is 6.54 Å². The first-order chi connectivity index (χ1) is 11.6. The third-order valence-corrected chi connectivity index (χ3v) is 6.08. The Labute approximate surface area is 172 Å². The van der Waals surface area contributed by atoms with Crippen molar-refractivity contribution in [1.29, 1.82) is 0 Å². The van der Waals surface area contributed by atoms with E-state index < -0.39 is 0 Å². The average Bonchev–Trinajstić information content (AvgIpc) is 3.15. The Morgan fingerprint density at radius 2 is 1.96 bits per heavy atom. The highest BCUT2D eigenvalue weighted by molar-refractivity contribution is 14.0. The Morgan fingerprint density at radius 1 is 1.28 bits per heavy atom. The number of hydrogen-bond donors (Lipinski definition) is 1. The zero-order valence-electron chi connectivity index (χ0n) is 15.3. The molecule has 0 amide bonds. The van der Waals surface area contributed by atoms with E-state index in [0.717, 1.165) is 43.8 Å². The van der Waals surface area contributed by atoms with Crippen LogP contribution in [0.25, 0.3) is 0 Å². The van der Waals surface area contributed by atoms with Crippen molar-refractivity contribution in [2.24, 2.45) is 16.6 Å². The summed E-state index contributed by atoms with van der Waals surface area (Å²) < 4.78 is 0. The van der Waals surface area contributed by atoms with E-state index >= 15 is 0 Å². The molecule has 2 fully saturated rings. The summed E-state index contributed by atoms with van der Waals surface area (Å²) in [6.45, 7) is 11.6. The Morgan fingerprint density at radius 3 is 2.56 bits per heavy atom. The predicted octanol–water partition coefficient (Wildman–Crippen LogP) is 2.32. The molecule has 0 aliphatic carbocycles. The van der Waals surface area contributed by atoms with Gasteiger partial charge >= 0.3 is 0 Å². The van der Waals surface area contributed by atoms with Crippen LogP contribution in [-0.4, -0.2) is 72.6 Å². The molecule has 2 aliphatic rings. The lowest BCUT2D eigenvalue weighted by Crippen LogP contribution is -2.51. The summed E-state index contributed by atoms with van der Waals surface area (Å²) in [7, 11) is 0. The van der Waals surface area contributed by atoms with Crippen LogP contribution in [0.15, 0.2) is 16.6 Å². The second-order valence-electron chi connectivity index (χ2n) is 7.06. The molecule has 3 rings (SSSR count). The number of aromatic nitrogens is 1. The third-order valence-electron chi connectivity index (χ3n) is 5.25. The van der Waals surface area contributed by atoms with E-state index in [1.54, 1.807) is 11.3 Å². The van der Waals surface area contributed by atoms with Crippen molar-refractivity contribution < 1.29 is 0 Å². The van der Waals surface area contributed by atoms with Crippen molar-refractivity contribution in [2.75, 3.05) is 50.7 Å². The summed E-state index contributed by atoms with van der Waals surface area (Å²) in [5, 5.41) is 3.14. The number of hydrogen-bond acceptors (Lipinski definition) is 5. The monoisotopic (exact) mass is 478 g/mol. The molecule has 0 bridgehead atoms. The molecular weight excluding hydrogens is 447 g/mol. The minimum absolute atomic E-state index is 0. The smallest absolute Gasteiger partial charge is 0.191 e. The van der Waals surface area contributed by atoms with Crippen LogP contribution in [0.3, 0.4) is 0 Å². The molecule has 1 unspecified atom stereocenters. The lowest BCUT2D eigenvalue weighted by molar-refractivity contribution is 0.150. The molecule has 2 N–H and O–H groups in total. The number of anilines is 1. The predicted molar refractivity (Wildman–Crippen MR) is 117 cm³/mol. The quantitative estimate of drug-likeness (QED) is 0.409. The fourth-order valence-electron chi connectivity index (χ4n) is 3.41. The summed E-state index contributed by atoms with van der Waals surface area (Å²) in [5.41, 5.74) is 6.24. The van der Waals surface area contributed by atoms with Gasteiger partial charge in [-0.05, 0) is 38.8 Å². The molecule has 0 radical (unpaired) electrons. The Bertz CT molecular complexity index is 521. The molecule has 1 aromatic rings. The number of likely N-dealkylation sites (tertiary alicyclic amines) is 1. The van der Waals surface area contributed by atoms with Crippen LogP contribution in [0, 0.1) is 5.92 Å². The number of aliphatic imine (C=N–C) groups is 1. The Balaban J connectivity index is 0.00000225. The second-order valence-corrected chi connectivity index (χ2v) is 7.93. The van der Waals surface area contributed by atoms with Crippen LogP contribution >= 0.6 is 35.3 Å². The first-order valence-electron chi connectivity index (χ1n) is 9.07. The number of thiazole rings is 1. The largest absolute Gasteiger partial charge is 0.370 e. The van der Waals surface area contributed by atoms with Crippen molar-refractivity contribution in [2.45, 2.75) is 32.7 Å². The first kappa shape index (κ1) is 20.7. The number of nitrogens with two attached hydrogens (primary N) is 1. The molecule has 8 heteroatoms. The molecule has 2 saturated heterocycles. The van der Waals surface area contributed by atoms with Crippen molar-refractivity contribution in [3.63, 3.8) is 0 Å². The first-order valence-corrected chi connectivity index (χ1v) is 9.95. The summed E-state index contributed by atoms with van der Waals surface area (Å²) in [6, 6.07) is 0.479. The van der Waals surface area contributed by atoms with Gasteiger partial charge in [0.25, 0.3) is 0 Å². The Hall–Kier alpha value is -0.610. The van der Waals surface area contributed by atoms with Crippen LogP contribution in [0.5, 0.6) is 0 Å². The van der Waals surface area contributed by atoms with Gasteiger partial charge in [-0.15, -0.1) is 35.3 Å². The molecule has 142 valence electrons. The van der Waals surface area contributed by atoms with Crippen molar-refractivity contribution >= 4 is 46.4 Å². The van der Waals surface area contributed by atoms with Gasteiger partial charge in [-0.3, -0.25) is 9.89 Å². The van der Waals surface area contributed by atoms with Crippen LogP contribution in [0.2, 0.25) is 0 Å². The number of guanidine groups is 1. The van der Waals surface area contributed by atoms with Crippen molar-refractivity contribution in [3.05, 3.63) is 11.6 Å². The SMILES string of the molecule is CC1CCN(C(C)CN=C(N)N2CCN(c3nccs3)CC2)CC1.I. The fraction of sp³-hybridized carbons (Fsp3) is 0.765. The van der Waals surface area contributed by atoms with Crippen LogP contribution in [-0.2, 0) is 0 Å². The molecule has 2 aliphatic heterocycles. The maximum Gasteiger partial charge on any atom is 0.191 e. The summed E-state index contributed by atoms with van der Waals surface area (Å²) in [5.74, 6) is 1.57. The van der Waals surface area contributed by atoms with Crippen LogP contribution in [0.1, 0.15) is 26.7 Å². The van der Waals surface area contributed by atoms with Crippen molar-refractivity contribution in [1.82, 2.24) is 14.8 Å². The van der Waals surface area contributed by atoms with E-state index in [1.165, 1.54) is 25.9 Å². The van der Waals surface area contributed by atoms with E-state index in [4.69, 9.17) is 5.73 Å². The fourth-order valence-corrected chi connectivity index (χ4v) is 4.11. The summed E-state index contributed by atoms with van der Waals surface area (Å²) in [6.07, 6.45) is 4.48. The Kier molecular flexibility index (Phi) is 8.21.